The zero-order chi connectivity index (χ0) is 10.3. The van der Waals surface area contributed by atoms with E-state index in [4.69, 9.17) is 5.73 Å². The highest BCUT2D eigenvalue weighted by atomic mass is 79.9. The van der Waals surface area contributed by atoms with Crippen LogP contribution in [0.25, 0.3) is 6.08 Å². The molecule has 14 heavy (non-hydrogen) atoms. The standard InChI is InChI=1S/C9H8BrNO2S/c10-7-1-2-9-6(3-7)4-8(5-11)14(9,12)13/h1-4H,5,11H2. The maximum absolute atomic E-state index is 11.8. The van der Waals surface area contributed by atoms with Gasteiger partial charge in [0.2, 0.25) is 9.84 Å². The largest absolute Gasteiger partial charge is 0.326 e. The minimum absolute atomic E-state index is 0.0502. The molecular weight excluding hydrogens is 266 g/mol. The summed E-state index contributed by atoms with van der Waals surface area (Å²) in [4.78, 5) is 0.631. The second-order valence-corrected chi connectivity index (χ2v) is 5.89. The molecule has 0 radical (unpaired) electrons. The predicted octanol–water partition coefficient (Wildman–Crippen LogP) is 1.54. The lowest BCUT2D eigenvalue weighted by molar-refractivity contribution is 0.602. The number of benzene rings is 1. The van der Waals surface area contributed by atoms with Crippen molar-refractivity contribution in [2.75, 3.05) is 6.54 Å². The molecular formula is C9H8BrNO2S. The Morgan fingerprint density at radius 2 is 2.07 bits per heavy atom. The summed E-state index contributed by atoms with van der Waals surface area (Å²) >= 11 is 3.29. The van der Waals surface area contributed by atoms with Crippen LogP contribution in [-0.4, -0.2) is 15.0 Å². The summed E-state index contributed by atoms with van der Waals surface area (Å²) in [5.74, 6) is 0. The van der Waals surface area contributed by atoms with Crippen molar-refractivity contribution in [2.24, 2.45) is 5.73 Å². The Kier molecular flexibility index (Phi) is 2.25. The molecule has 0 aliphatic carbocycles. The van der Waals surface area contributed by atoms with Gasteiger partial charge in [-0.15, -0.1) is 0 Å². The molecule has 0 saturated carbocycles. The fourth-order valence-corrected chi connectivity index (χ4v) is 3.28. The fourth-order valence-electron chi connectivity index (χ4n) is 1.44. The molecule has 1 aromatic rings. The van der Waals surface area contributed by atoms with Gasteiger partial charge in [0.05, 0.1) is 9.80 Å². The van der Waals surface area contributed by atoms with E-state index in [9.17, 15) is 8.42 Å². The highest BCUT2D eigenvalue weighted by Gasteiger charge is 2.28. The van der Waals surface area contributed by atoms with E-state index in [-0.39, 0.29) is 11.4 Å². The van der Waals surface area contributed by atoms with Crippen molar-refractivity contribution < 1.29 is 8.42 Å². The lowest BCUT2D eigenvalue weighted by Gasteiger charge is -2.00. The Morgan fingerprint density at radius 1 is 1.36 bits per heavy atom. The maximum atomic E-state index is 11.8. The maximum Gasteiger partial charge on any atom is 0.204 e. The van der Waals surface area contributed by atoms with Gasteiger partial charge in [0.1, 0.15) is 0 Å². The number of halogens is 1. The third kappa shape index (κ3) is 1.32. The first-order valence-corrected chi connectivity index (χ1v) is 6.28. The molecule has 2 N–H and O–H groups in total. The van der Waals surface area contributed by atoms with Gasteiger partial charge in [0.15, 0.2) is 0 Å². The average molecular weight is 274 g/mol. The summed E-state index contributed by atoms with van der Waals surface area (Å²) in [7, 11) is -3.30. The SMILES string of the molecule is NCC1=Cc2cc(Br)ccc2S1(=O)=O. The summed E-state index contributed by atoms with van der Waals surface area (Å²) in [6, 6.07) is 5.08. The molecule has 0 amide bonds. The van der Waals surface area contributed by atoms with Crippen molar-refractivity contribution in [3.05, 3.63) is 33.1 Å². The Balaban J connectivity index is 2.71. The van der Waals surface area contributed by atoms with Gasteiger partial charge < -0.3 is 5.73 Å². The van der Waals surface area contributed by atoms with Gasteiger partial charge in [-0.25, -0.2) is 8.42 Å². The van der Waals surface area contributed by atoms with Crippen LogP contribution in [0.2, 0.25) is 0 Å². The average Bonchev–Trinajstić information content (AvgIpc) is 2.37. The molecule has 0 saturated heterocycles. The van der Waals surface area contributed by atoms with Gasteiger partial charge in [-0.1, -0.05) is 15.9 Å². The lowest BCUT2D eigenvalue weighted by atomic mass is 10.2. The number of nitrogens with two attached hydrogens (primary N) is 1. The quantitative estimate of drug-likeness (QED) is 0.845. The van der Waals surface area contributed by atoms with Gasteiger partial charge in [-0.2, -0.15) is 0 Å². The van der Waals surface area contributed by atoms with Gasteiger partial charge in [0.25, 0.3) is 0 Å². The lowest BCUT2D eigenvalue weighted by Crippen LogP contribution is -2.10. The highest BCUT2D eigenvalue weighted by molar-refractivity contribution is 9.10. The molecule has 0 aromatic heterocycles. The van der Waals surface area contributed by atoms with E-state index < -0.39 is 9.84 Å². The summed E-state index contributed by atoms with van der Waals surface area (Å²) < 4.78 is 24.4. The molecule has 0 bridgehead atoms. The molecule has 3 nitrogen and oxygen atoms in total. The predicted molar refractivity (Wildman–Crippen MR) is 58.4 cm³/mol. The van der Waals surface area contributed by atoms with E-state index in [2.05, 4.69) is 15.9 Å². The molecule has 0 unspecified atom stereocenters. The molecule has 0 fully saturated rings. The van der Waals surface area contributed by atoms with Gasteiger partial charge >= 0.3 is 0 Å². The van der Waals surface area contributed by atoms with Crippen molar-refractivity contribution in [1.82, 2.24) is 0 Å². The summed E-state index contributed by atoms with van der Waals surface area (Å²) in [6.07, 6.45) is 1.62. The van der Waals surface area contributed by atoms with Crippen LogP contribution in [0.15, 0.2) is 32.5 Å². The number of hydrogen-bond donors (Lipinski definition) is 1. The summed E-state index contributed by atoms with van der Waals surface area (Å²) in [6.45, 7) is 0.0502. The van der Waals surface area contributed by atoms with Crippen LogP contribution in [0.3, 0.4) is 0 Å². The smallest absolute Gasteiger partial charge is 0.204 e. The van der Waals surface area contributed by atoms with Gasteiger partial charge in [-0.3, -0.25) is 0 Å². The molecule has 1 heterocycles. The first kappa shape index (κ1) is 9.89. The number of fused-ring (bicyclic) bond motifs is 1. The van der Waals surface area contributed by atoms with Crippen LogP contribution >= 0.6 is 15.9 Å². The van der Waals surface area contributed by atoms with Crippen LogP contribution < -0.4 is 5.73 Å². The normalized spacial score (nSPS) is 17.7. The second-order valence-electron chi connectivity index (χ2n) is 3.00. The molecule has 1 aliphatic rings. The van der Waals surface area contributed by atoms with Crippen LogP contribution in [0.4, 0.5) is 0 Å². The summed E-state index contributed by atoms with van der Waals surface area (Å²) in [5, 5.41) is 0. The number of rotatable bonds is 1. The first-order valence-electron chi connectivity index (χ1n) is 4.01. The van der Waals surface area contributed by atoms with Gasteiger partial charge in [0, 0.05) is 11.0 Å². The third-order valence-corrected chi connectivity index (χ3v) is 4.54. The zero-order valence-corrected chi connectivity index (χ0v) is 9.60. The fraction of sp³-hybridized carbons (Fsp3) is 0.111. The molecule has 0 spiro atoms. The molecule has 2 rings (SSSR count). The van der Waals surface area contributed by atoms with Crippen LogP contribution in [0.1, 0.15) is 5.56 Å². The Bertz CT molecular complexity index is 520. The van der Waals surface area contributed by atoms with Crippen molar-refractivity contribution in [3.63, 3.8) is 0 Å². The second kappa shape index (κ2) is 3.18. The van der Waals surface area contributed by atoms with E-state index in [0.717, 1.165) is 4.47 Å². The topological polar surface area (TPSA) is 60.2 Å². The monoisotopic (exact) mass is 273 g/mol. The Hall–Kier alpha value is -0.650. The van der Waals surface area contributed by atoms with E-state index >= 15 is 0 Å². The van der Waals surface area contributed by atoms with E-state index in [1.165, 1.54) is 0 Å². The molecule has 74 valence electrons. The van der Waals surface area contributed by atoms with Crippen LogP contribution in [-0.2, 0) is 9.84 Å². The minimum atomic E-state index is -3.30. The van der Waals surface area contributed by atoms with Crippen LogP contribution in [0.5, 0.6) is 0 Å². The van der Waals surface area contributed by atoms with Gasteiger partial charge in [-0.05, 0) is 29.8 Å². The van der Waals surface area contributed by atoms with Crippen molar-refractivity contribution in [2.45, 2.75) is 4.90 Å². The number of sulfone groups is 1. The molecule has 5 heteroatoms. The Morgan fingerprint density at radius 3 is 2.71 bits per heavy atom. The van der Waals surface area contributed by atoms with E-state index in [1.54, 1.807) is 24.3 Å². The van der Waals surface area contributed by atoms with Crippen molar-refractivity contribution >= 4 is 31.8 Å². The van der Waals surface area contributed by atoms with E-state index in [0.29, 0.717) is 10.5 Å². The third-order valence-electron chi connectivity index (χ3n) is 2.12. The molecule has 0 atom stereocenters. The number of hydrogen-bond acceptors (Lipinski definition) is 3. The highest BCUT2D eigenvalue weighted by Crippen LogP contribution is 2.33. The zero-order valence-electron chi connectivity index (χ0n) is 7.20. The van der Waals surface area contributed by atoms with Crippen molar-refractivity contribution in [1.29, 1.82) is 0 Å². The minimum Gasteiger partial charge on any atom is -0.326 e. The molecule has 1 aliphatic heterocycles. The molecule has 1 aromatic carbocycles. The van der Waals surface area contributed by atoms with Crippen LogP contribution in [0, 0.1) is 0 Å². The first-order chi connectivity index (χ1) is 6.55. The van der Waals surface area contributed by atoms with Crippen molar-refractivity contribution in [3.8, 4) is 0 Å². The summed E-state index contributed by atoms with van der Waals surface area (Å²) in [5.41, 5.74) is 6.08. The Labute approximate surface area is 90.7 Å². The van der Waals surface area contributed by atoms with E-state index in [1.807, 2.05) is 0 Å².